The van der Waals surface area contributed by atoms with E-state index in [4.69, 9.17) is 0 Å². The van der Waals surface area contributed by atoms with E-state index < -0.39 is 0 Å². The summed E-state index contributed by atoms with van der Waals surface area (Å²) >= 11 is 1.96. The molecular weight excluding hydrogens is 360 g/mol. The molecule has 0 unspecified atom stereocenters. The van der Waals surface area contributed by atoms with E-state index in [1.165, 1.54) is 27.9 Å². The van der Waals surface area contributed by atoms with Crippen molar-refractivity contribution in [1.82, 2.24) is 9.38 Å². The zero-order valence-corrected chi connectivity index (χ0v) is 17.0. The molecule has 0 spiro atoms. The van der Waals surface area contributed by atoms with Crippen molar-refractivity contribution in [3.05, 3.63) is 102 Å². The van der Waals surface area contributed by atoms with Gasteiger partial charge in [0.15, 0.2) is 0 Å². The first kappa shape index (κ1) is 18.6. The van der Waals surface area contributed by atoms with E-state index in [0.29, 0.717) is 0 Å². The van der Waals surface area contributed by atoms with Gasteiger partial charge in [0, 0.05) is 11.9 Å². The van der Waals surface area contributed by atoms with Crippen LogP contribution in [-0.2, 0) is 12.2 Å². The molecule has 4 rings (SSSR count). The molecule has 0 aliphatic carbocycles. The first-order chi connectivity index (χ1) is 13.7. The maximum atomic E-state index is 4.65. The van der Waals surface area contributed by atoms with Crippen molar-refractivity contribution in [2.24, 2.45) is 0 Å². The van der Waals surface area contributed by atoms with Crippen LogP contribution in [0, 0.1) is 6.92 Å². The first-order valence-corrected chi connectivity index (χ1v) is 10.7. The Balaban J connectivity index is 1.52. The molecule has 2 heterocycles. The summed E-state index contributed by atoms with van der Waals surface area (Å²) in [5.41, 5.74) is 8.46. The number of aryl methyl sites for hydroxylation is 2. The third kappa shape index (κ3) is 4.05. The Morgan fingerprint density at radius 3 is 2.57 bits per heavy atom. The Labute approximate surface area is 171 Å². The zero-order chi connectivity index (χ0) is 19.3. The van der Waals surface area contributed by atoms with Gasteiger partial charge in [0.25, 0.3) is 0 Å². The summed E-state index contributed by atoms with van der Waals surface area (Å²) < 4.78 is 2.25. The quantitative estimate of drug-likeness (QED) is 0.342. The lowest BCUT2D eigenvalue weighted by Gasteiger charge is -2.09. The number of hydrogen-bond acceptors (Lipinski definition) is 2. The van der Waals surface area contributed by atoms with Gasteiger partial charge < -0.3 is 4.40 Å². The van der Waals surface area contributed by atoms with Crippen molar-refractivity contribution >= 4 is 23.5 Å². The van der Waals surface area contributed by atoms with Crippen LogP contribution >= 0.6 is 11.8 Å². The molecule has 0 aliphatic rings. The number of nitrogens with zero attached hydrogens (tertiary/aromatic N) is 2. The Bertz CT molecular complexity index is 1080. The molecule has 0 atom stereocenters. The highest BCUT2D eigenvalue weighted by Crippen LogP contribution is 2.25. The number of rotatable bonds is 7. The highest BCUT2D eigenvalue weighted by Gasteiger charge is 2.09. The fourth-order valence-electron chi connectivity index (χ4n) is 3.39. The Morgan fingerprint density at radius 1 is 1.04 bits per heavy atom. The fraction of sp³-hybridized carbons (Fsp3) is 0.160. The van der Waals surface area contributed by atoms with Crippen molar-refractivity contribution in [3.8, 4) is 11.1 Å². The molecule has 140 valence electrons. The van der Waals surface area contributed by atoms with E-state index in [0.717, 1.165) is 29.1 Å². The molecule has 3 heteroatoms. The van der Waals surface area contributed by atoms with Crippen molar-refractivity contribution < 1.29 is 0 Å². The molecule has 0 aliphatic heterocycles. The summed E-state index contributed by atoms with van der Waals surface area (Å²) in [6, 6.07) is 21.4. The van der Waals surface area contributed by atoms with Crippen LogP contribution in [0.25, 0.3) is 22.9 Å². The predicted molar refractivity (Wildman–Crippen MR) is 122 cm³/mol. The van der Waals surface area contributed by atoms with Crippen LogP contribution in [0.5, 0.6) is 0 Å². The molecule has 0 radical (unpaired) electrons. The lowest BCUT2D eigenvalue weighted by molar-refractivity contribution is 1.08. The van der Waals surface area contributed by atoms with Gasteiger partial charge in [0.1, 0.15) is 5.65 Å². The first-order valence-electron chi connectivity index (χ1n) is 9.56. The van der Waals surface area contributed by atoms with E-state index in [2.05, 4.69) is 89.7 Å². The van der Waals surface area contributed by atoms with Crippen LogP contribution in [-0.4, -0.2) is 15.1 Å². The standard InChI is InChI=1S/C25H24N2S/c1-3-20-9-11-22(12-10-20)23-15-19(2)25-26-16-24(27(25)17-23)18-28-14-13-21-7-5-4-6-8-21/h3-12,15-17H,1,13-14,18H2,2H3. The second-order valence-electron chi connectivity index (χ2n) is 6.97. The van der Waals surface area contributed by atoms with Crippen molar-refractivity contribution in [2.75, 3.05) is 5.75 Å². The number of benzene rings is 2. The van der Waals surface area contributed by atoms with Crippen LogP contribution in [0.4, 0.5) is 0 Å². The average Bonchev–Trinajstić information content (AvgIpc) is 3.15. The summed E-state index contributed by atoms with van der Waals surface area (Å²) in [5.74, 6) is 2.07. The van der Waals surface area contributed by atoms with Crippen LogP contribution < -0.4 is 0 Å². The van der Waals surface area contributed by atoms with Crippen molar-refractivity contribution in [1.29, 1.82) is 0 Å². The summed E-state index contributed by atoms with van der Waals surface area (Å²) in [4.78, 5) is 4.65. The average molecular weight is 385 g/mol. The minimum Gasteiger partial charge on any atom is -0.302 e. The summed E-state index contributed by atoms with van der Waals surface area (Å²) in [6.45, 7) is 5.97. The summed E-state index contributed by atoms with van der Waals surface area (Å²) in [7, 11) is 0. The molecule has 4 aromatic rings. The van der Waals surface area contributed by atoms with Crippen molar-refractivity contribution in [3.63, 3.8) is 0 Å². The molecular formula is C25H24N2S. The van der Waals surface area contributed by atoms with Gasteiger partial charge in [-0.1, -0.05) is 67.3 Å². The largest absolute Gasteiger partial charge is 0.302 e. The van der Waals surface area contributed by atoms with Gasteiger partial charge in [-0.2, -0.15) is 11.8 Å². The zero-order valence-electron chi connectivity index (χ0n) is 16.1. The molecule has 0 N–H and O–H groups in total. The highest BCUT2D eigenvalue weighted by molar-refractivity contribution is 7.98. The number of imidazole rings is 1. The minimum absolute atomic E-state index is 0.965. The topological polar surface area (TPSA) is 17.3 Å². The van der Waals surface area contributed by atoms with Gasteiger partial charge in [0.05, 0.1) is 11.9 Å². The molecule has 28 heavy (non-hydrogen) atoms. The predicted octanol–water partition coefficient (Wildman–Crippen LogP) is 6.43. The molecule has 0 fully saturated rings. The third-order valence-corrected chi connectivity index (χ3v) is 5.97. The molecule has 0 saturated carbocycles. The Kier molecular flexibility index (Phi) is 5.63. The monoisotopic (exact) mass is 384 g/mol. The van der Waals surface area contributed by atoms with Crippen LogP contribution in [0.1, 0.15) is 22.4 Å². The van der Waals surface area contributed by atoms with E-state index in [9.17, 15) is 0 Å². The molecule has 2 aromatic carbocycles. The van der Waals surface area contributed by atoms with Gasteiger partial charge in [-0.3, -0.25) is 0 Å². The normalized spacial score (nSPS) is 11.0. The number of pyridine rings is 1. The number of thioether (sulfide) groups is 1. The van der Waals surface area contributed by atoms with Gasteiger partial charge in [-0.15, -0.1) is 0 Å². The van der Waals surface area contributed by atoms with Crippen LogP contribution in [0.15, 0.2) is 79.6 Å². The summed E-state index contributed by atoms with van der Waals surface area (Å²) in [5, 5.41) is 0. The Hall–Kier alpha value is -2.78. The van der Waals surface area contributed by atoms with Gasteiger partial charge in [-0.05, 0) is 53.0 Å². The summed E-state index contributed by atoms with van der Waals surface area (Å²) in [6.07, 6.45) is 7.20. The number of hydrogen-bond donors (Lipinski definition) is 0. The number of aromatic nitrogens is 2. The molecule has 0 bridgehead atoms. The smallest absolute Gasteiger partial charge is 0.139 e. The third-order valence-electron chi connectivity index (χ3n) is 4.97. The van der Waals surface area contributed by atoms with Crippen LogP contribution in [0.2, 0.25) is 0 Å². The highest BCUT2D eigenvalue weighted by atomic mass is 32.2. The maximum absolute atomic E-state index is 4.65. The van der Waals surface area contributed by atoms with Gasteiger partial charge in [0.2, 0.25) is 0 Å². The minimum atomic E-state index is 0.965. The molecule has 0 amide bonds. The number of fused-ring (bicyclic) bond motifs is 1. The Morgan fingerprint density at radius 2 is 1.82 bits per heavy atom. The molecule has 0 saturated heterocycles. The van der Waals surface area contributed by atoms with Gasteiger partial charge in [-0.25, -0.2) is 4.98 Å². The van der Waals surface area contributed by atoms with E-state index in [1.807, 2.05) is 24.0 Å². The van der Waals surface area contributed by atoms with Crippen LogP contribution in [0.3, 0.4) is 0 Å². The fourth-order valence-corrected chi connectivity index (χ4v) is 4.34. The SMILES string of the molecule is C=Cc1ccc(-c2cc(C)c3ncc(CSCCc4ccccc4)n3c2)cc1. The van der Waals surface area contributed by atoms with E-state index in [-0.39, 0.29) is 0 Å². The molecule has 2 nitrogen and oxygen atoms in total. The van der Waals surface area contributed by atoms with Crippen molar-refractivity contribution in [2.45, 2.75) is 19.1 Å². The second-order valence-corrected chi connectivity index (χ2v) is 8.07. The van der Waals surface area contributed by atoms with Gasteiger partial charge >= 0.3 is 0 Å². The van der Waals surface area contributed by atoms with E-state index in [1.54, 1.807) is 0 Å². The lowest BCUT2D eigenvalue weighted by Crippen LogP contribution is -1.96. The second kappa shape index (κ2) is 8.49. The maximum Gasteiger partial charge on any atom is 0.139 e. The molecule has 2 aromatic heterocycles. The lowest BCUT2D eigenvalue weighted by atomic mass is 10.0. The van der Waals surface area contributed by atoms with E-state index >= 15 is 0 Å².